The number of hydrogen-bond donors (Lipinski definition) is 3. The summed E-state index contributed by atoms with van der Waals surface area (Å²) in [5, 5.41) is 8.21. The zero-order chi connectivity index (χ0) is 20.5. The minimum Gasteiger partial charge on any atom is -0.334 e. The Balaban J connectivity index is 1.49. The Morgan fingerprint density at radius 1 is 0.931 bits per heavy atom. The van der Waals surface area contributed by atoms with E-state index in [2.05, 4.69) is 20.9 Å². The number of anilines is 2. The zero-order valence-corrected chi connectivity index (χ0v) is 16.2. The van der Waals surface area contributed by atoms with E-state index in [-0.39, 0.29) is 23.5 Å². The van der Waals surface area contributed by atoms with E-state index in [4.69, 9.17) is 0 Å². The summed E-state index contributed by atoms with van der Waals surface area (Å²) in [5.41, 5.74) is 2.01. The van der Waals surface area contributed by atoms with Crippen LogP contribution in [0.2, 0.25) is 0 Å². The first-order chi connectivity index (χ1) is 14.1. The number of rotatable bonds is 7. The fourth-order valence-electron chi connectivity index (χ4n) is 2.44. The maximum absolute atomic E-state index is 13.6. The van der Waals surface area contributed by atoms with Crippen LogP contribution in [0.4, 0.5) is 20.6 Å². The number of benzene rings is 2. The summed E-state index contributed by atoms with van der Waals surface area (Å²) in [6.07, 6.45) is 3.32. The summed E-state index contributed by atoms with van der Waals surface area (Å²) in [7, 11) is 0. The van der Waals surface area contributed by atoms with E-state index in [1.54, 1.807) is 54.9 Å². The van der Waals surface area contributed by atoms with Gasteiger partial charge in [-0.3, -0.25) is 9.78 Å². The maximum atomic E-state index is 13.6. The Hall–Kier alpha value is -3.39. The topological polar surface area (TPSA) is 83.1 Å². The maximum Gasteiger partial charge on any atom is 0.319 e. The summed E-state index contributed by atoms with van der Waals surface area (Å²) in [4.78, 5) is 28.5. The van der Waals surface area contributed by atoms with Crippen LogP contribution in [0.1, 0.15) is 5.56 Å². The Bertz CT molecular complexity index is 985. The average Bonchev–Trinajstić information content (AvgIpc) is 2.73. The standard InChI is InChI=1S/C21H19FN4O2S/c22-18-6-1-2-7-19(18)29-14-20(27)25-16-4-3-5-17(12-16)26-21(28)24-13-15-8-10-23-11-9-15/h1-12H,13-14H2,(H,25,27)(H2,24,26,28). The number of pyridine rings is 1. The normalized spacial score (nSPS) is 10.2. The Kier molecular flexibility index (Phi) is 7.18. The summed E-state index contributed by atoms with van der Waals surface area (Å²) in [6.45, 7) is 0.373. The number of aromatic nitrogens is 1. The molecule has 29 heavy (non-hydrogen) atoms. The van der Waals surface area contributed by atoms with Crippen molar-refractivity contribution in [1.29, 1.82) is 0 Å². The van der Waals surface area contributed by atoms with E-state index in [1.165, 1.54) is 6.07 Å². The molecule has 3 aromatic rings. The molecule has 1 heterocycles. The van der Waals surface area contributed by atoms with Gasteiger partial charge in [0.25, 0.3) is 0 Å². The van der Waals surface area contributed by atoms with E-state index in [0.29, 0.717) is 22.8 Å². The van der Waals surface area contributed by atoms with Crippen LogP contribution in [-0.4, -0.2) is 22.7 Å². The third-order valence-corrected chi connectivity index (χ3v) is 4.85. The van der Waals surface area contributed by atoms with Crippen LogP contribution in [0.5, 0.6) is 0 Å². The van der Waals surface area contributed by atoms with Crippen LogP contribution in [-0.2, 0) is 11.3 Å². The van der Waals surface area contributed by atoms with Crippen LogP contribution in [0.25, 0.3) is 0 Å². The molecule has 148 valence electrons. The summed E-state index contributed by atoms with van der Waals surface area (Å²) < 4.78 is 13.6. The molecule has 3 N–H and O–H groups in total. The van der Waals surface area contributed by atoms with Crippen molar-refractivity contribution in [2.75, 3.05) is 16.4 Å². The Morgan fingerprint density at radius 2 is 1.66 bits per heavy atom. The second-order valence-electron chi connectivity index (χ2n) is 6.01. The third kappa shape index (κ3) is 6.62. The second-order valence-corrected chi connectivity index (χ2v) is 7.03. The number of carbonyl (C=O) groups excluding carboxylic acids is 2. The number of nitrogens with zero attached hydrogens (tertiary/aromatic N) is 1. The van der Waals surface area contributed by atoms with Crippen molar-refractivity contribution in [3.05, 3.63) is 84.4 Å². The predicted octanol–water partition coefficient (Wildman–Crippen LogP) is 4.27. The largest absolute Gasteiger partial charge is 0.334 e. The van der Waals surface area contributed by atoms with E-state index in [1.807, 2.05) is 12.1 Å². The first-order valence-corrected chi connectivity index (χ1v) is 9.80. The molecule has 2 aromatic carbocycles. The summed E-state index contributed by atoms with van der Waals surface area (Å²) >= 11 is 1.12. The van der Waals surface area contributed by atoms with Crippen molar-refractivity contribution < 1.29 is 14.0 Å². The SMILES string of the molecule is O=C(CSc1ccccc1F)Nc1cccc(NC(=O)NCc2ccncc2)c1. The van der Waals surface area contributed by atoms with Gasteiger partial charge in [-0.05, 0) is 48.0 Å². The van der Waals surface area contributed by atoms with Gasteiger partial charge in [0, 0.05) is 35.2 Å². The van der Waals surface area contributed by atoms with Crippen LogP contribution in [0.3, 0.4) is 0 Å². The van der Waals surface area contributed by atoms with Gasteiger partial charge in [-0.2, -0.15) is 0 Å². The Morgan fingerprint density at radius 3 is 2.41 bits per heavy atom. The predicted molar refractivity (Wildman–Crippen MR) is 112 cm³/mol. The van der Waals surface area contributed by atoms with Gasteiger partial charge in [-0.1, -0.05) is 18.2 Å². The van der Waals surface area contributed by atoms with Crippen molar-refractivity contribution in [3.8, 4) is 0 Å². The number of amides is 3. The molecule has 8 heteroatoms. The van der Waals surface area contributed by atoms with Crippen molar-refractivity contribution in [1.82, 2.24) is 10.3 Å². The fourth-order valence-corrected chi connectivity index (χ4v) is 3.17. The molecule has 0 saturated heterocycles. The lowest BCUT2D eigenvalue weighted by molar-refractivity contribution is -0.113. The minimum absolute atomic E-state index is 0.0744. The first-order valence-electron chi connectivity index (χ1n) is 8.81. The molecule has 6 nitrogen and oxygen atoms in total. The molecule has 0 aliphatic heterocycles. The summed E-state index contributed by atoms with van der Waals surface area (Å²) in [5.74, 6) is -0.544. The van der Waals surface area contributed by atoms with Crippen molar-refractivity contribution in [3.63, 3.8) is 0 Å². The molecule has 0 aliphatic carbocycles. The molecule has 0 aliphatic rings. The highest BCUT2D eigenvalue weighted by atomic mass is 32.2. The highest BCUT2D eigenvalue weighted by molar-refractivity contribution is 8.00. The Labute approximate surface area is 171 Å². The van der Waals surface area contributed by atoms with Crippen molar-refractivity contribution >= 4 is 35.1 Å². The third-order valence-electron chi connectivity index (χ3n) is 3.80. The van der Waals surface area contributed by atoms with Gasteiger partial charge in [-0.15, -0.1) is 11.8 Å². The highest BCUT2D eigenvalue weighted by Gasteiger charge is 2.08. The molecule has 0 saturated carbocycles. The molecular weight excluding hydrogens is 391 g/mol. The van der Waals surface area contributed by atoms with Gasteiger partial charge in [0.15, 0.2) is 0 Å². The molecule has 0 fully saturated rings. The first kappa shape index (κ1) is 20.3. The van der Waals surface area contributed by atoms with E-state index >= 15 is 0 Å². The molecule has 1 aromatic heterocycles. The number of thioether (sulfide) groups is 1. The van der Waals surface area contributed by atoms with E-state index in [0.717, 1.165) is 17.3 Å². The molecule has 0 unspecified atom stereocenters. The van der Waals surface area contributed by atoms with Gasteiger partial charge < -0.3 is 16.0 Å². The van der Waals surface area contributed by atoms with E-state index < -0.39 is 0 Å². The molecule has 0 bridgehead atoms. The van der Waals surface area contributed by atoms with Gasteiger partial charge in [-0.25, -0.2) is 9.18 Å². The zero-order valence-electron chi connectivity index (χ0n) is 15.4. The average molecular weight is 410 g/mol. The molecule has 0 spiro atoms. The second kappa shape index (κ2) is 10.2. The molecule has 3 rings (SSSR count). The monoisotopic (exact) mass is 410 g/mol. The summed E-state index contributed by atoms with van der Waals surface area (Å²) in [6, 6.07) is 16.4. The highest BCUT2D eigenvalue weighted by Crippen LogP contribution is 2.22. The lowest BCUT2D eigenvalue weighted by Crippen LogP contribution is -2.28. The number of carbonyl (C=O) groups is 2. The van der Waals surface area contributed by atoms with Crippen molar-refractivity contribution in [2.24, 2.45) is 0 Å². The molecule has 0 atom stereocenters. The van der Waals surface area contributed by atoms with Gasteiger partial charge in [0.1, 0.15) is 5.82 Å². The van der Waals surface area contributed by atoms with Crippen LogP contribution < -0.4 is 16.0 Å². The minimum atomic E-state index is -0.361. The van der Waals surface area contributed by atoms with Gasteiger partial charge >= 0.3 is 6.03 Å². The van der Waals surface area contributed by atoms with E-state index in [9.17, 15) is 14.0 Å². The number of nitrogens with one attached hydrogen (secondary N) is 3. The number of urea groups is 1. The smallest absolute Gasteiger partial charge is 0.319 e. The molecule has 0 radical (unpaired) electrons. The lowest BCUT2D eigenvalue weighted by atomic mass is 10.2. The van der Waals surface area contributed by atoms with Crippen LogP contribution >= 0.6 is 11.8 Å². The quantitative estimate of drug-likeness (QED) is 0.508. The number of hydrogen-bond acceptors (Lipinski definition) is 4. The van der Waals surface area contributed by atoms with Gasteiger partial charge in [0.2, 0.25) is 5.91 Å². The van der Waals surface area contributed by atoms with Crippen molar-refractivity contribution in [2.45, 2.75) is 11.4 Å². The fraction of sp³-hybridized carbons (Fsp3) is 0.0952. The van der Waals surface area contributed by atoms with Crippen LogP contribution in [0, 0.1) is 5.82 Å². The molecule has 3 amide bonds. The molecular formula is C21H19FN4O2S. The van der Waals surface area contributed by atoms with Gasteiger partial charge in [0.05, 0.1) is 5.75 Å². The van der Waals surface area contributed by atoms with Crippen LogP contribution in [0.15, 0.2) is 78.0 Å². The number of halogens is 1. The lowest BCUT2D eigenvalue weighted by Gasteiger charge is -2.10.